The highest BCUT2D eigenvalue weighted by molar-refractivity contribution is 6.35. The van der Waals surface area contributed by atoms with Crippen LogP contribution in [0.2, 0.25) is 10.0 Å². The standard InChI is InChI=1S/C15H20Cl2N2O/c1-15(6-3-7-18-10-15)14(20)19(2)9-11-4-5-12(16)8-13(11)17/h4-5,8,18H,3,6-7,9-10H2,1-2H3. The molecule has 1 atom stereocenters. The van der Waals surface area contributed by atoms with Crippen molar-refractivity contribution in [3.05, 3.63) is 33.8 Å². The Kier molecular flexibility index (Phi) is 4.95. The molecule has 0 radical (unpaired) electrons. The molecule has 110 valence electrons. The fourth-order valence-corrected chi connectivity index (χ4v) is 3.15. The molecule has 0 aliphatic carbocycles. The van der Waals surface area contributed by atoms with Crippen LogP contribution in [0.5, 0.6) is 0 Å². The van der Waals surface area contributed by atoms with Crippen LogP contribution < -0.4 is 5.32 Å². The molecule has 1 aliphatic heterocycles. The first kappa shape index (κ1) is 15.6. The summed E-state index contributed by atoms with van der Waals surface area (Å²) >= 11 is 12.1. The average Bonchev–Trinajstić information content (AvgIpc) is 2.42. The maximum Gasteiger partial charge on any atom is 0.229 e. The third-order valence-electron chi connectivity index (χ3n) is 3.88. The SMILES string of the molecule is CN(Cc1ccc(Cl)cc1Cl)C(=O)C1(C)CCCNC1. The first-order valence-electron chi connectivity index (χ1n) is 6.82. The van der Waals surface area contributed by atoms with Crippen molar-refractivity contribution in [3.63, 3.8) is 0 Å². The van der Waals surface area contributed by atoms with Gasteiger partial charge in [-0.1, -0.05) is 29.3 Å². The lowest BCUT2D eigenvalue weighted by Gasteiger charge is -2.36. The monoisotopic (exact) mass is 314 g/mol. The smallest absolute Gasteiger partial charge is 0.229 e. The van der Waals surface area contributed by atoms with Gasteiger partial charge in [-0.25, -0.2) is 0 Å². The molecular weight excluding hydrogens is 295 g/mol. The number of nitrogens with zero attached hydrogens (tertiary/aromatic N) is 1. The van der Waals surface area contributed by atoms with Gasteiger partial charge in [0, 0.05) is 30.2 Å². The van der Waals surface area contributed by atoms with E-state index in [1.165, 1.54) is 0 Å². The van der Waals surface area contributed by atoms with Gasteiger partial charge in [-0.2, -0.15) is 0 Å². The maximum atomic E-state index is 12.6. The van der Waals surface area contributed by atoms with Gasteiger partial charge in [-0.15, -0.1) is 0 Å². The Balaban J connectivity index is 2.07. The van der Waals surface area contributed by atoms with Gasteiger partial charge in [-0.05, 0) is 44.0 Å². The Morgan fingerprint density at radius 1 is 1.45 bits per heavy atom. The van der Waals surface area contributed by atoms with Crippen molar-refractivity contribution < 1.29 is 4.79 Å². The molecule has 2 rings (SSSR count). The van der Waals surface area contributed by atoms with E-state index in [1.54, 1.807) is 17.0 Å². The van der Waals surface area contributed by atoms with Crippen LogP contribution in [0.1, 0.15) is 25.3 Å². The highest BCUT2D eigenvalue weighted by Gasteiger charge is 2.36. The predicted octanol–water partition coefficient (Wildman–Crippen LogP) is 3.34. The van der Waals surface area contributed by atoms with Gasteiger partial charge < -0.3 is 10.2 Å². The number of carbonyl (C=O) groups excluding carboxylic acids is 1. The number of hydrogen-bond acceptors (Lipinski definition) is 2. The lowest BCUT2D eigenvalue weighted by molar-refractivity contribution is -0.141. The summed E-state index contributed by atoms with van der Waals surface area (Å²) in [6, 6.07) is 5.38. The van der Waals surface area contributed by atoms with Crippen molar-refractivity contribution in [3.8, 4) is 0 Å². The lowest BCUT2D eigenvalue weighted by atomic mass is 9.81. The molecule has 5 heteroatoms. The zero-order chi connectivity index (χ0) is 14.8. The minimum atomic E-state index is -0.314. The normalized spacial score (nSPS) is 22.6. The van der Waals surface area contributed by atoms with E-state index in [-0.39, 0.29) is 11.3 Å². The van der Waals surface area contributed by atoms with Gasteiger partial charge in [0.1, 0.15) is 0 Å². The maximum absolute atomic E-state index is 12.6. The third kappa shape index (κ3) is 3.46. The molecule has 1 aliphatic rings. The van der Waals surface area contributed by atoms with Crippen LogP contribution in [-0.2, 0) is 11.3 Å². The number of nitrogens with one attached hydrogen (secondary N) is 1. The van der Waals surface area contributed by atoms with E-state index in [0.29, 0.717) is 16.6 Å². The molecule has 0 bridgehead atoms. The van der Waals surface area contributed by atoms with Gasteiger partial charge in [-0.3, -0.25) is 4.79 Å². The second kappa shape index (κ2) is 6.33. The second-order valence-corrected chi connectivity index (χ2v) is 6.58. The number of piperidine rings is 1. The third-order valence-corrected chi connectivity index (χ3v) is 4.47. The van der Waals surface area contributed by atoms with Crippen molar-refractivity contribution in [2.45, 2.75) is 26.3 Å². The van der Waals surface area contributed by atoms with Crippen LogP contribution in [0.15, 0.2) is 18.2 Å². The molecule has 1 unspecified atom stereocenters. The first-order chi connectivity index (χ1) is 9.42. The van der Waals surface area contributed by atoms with E-state index in [4.69, 9.17) is 23.2 Å². The van der Waals surface area contributed by atoms with Gasteiger partial charge in [0.15, 0.2) is 0 Å². The zero-order valence-electron chi connectivity index (χ0n) is 11.9. The molecule has 3 nitrogen and oxygen atoms in total. The van der Waals surface area contributed by atoms with Crippen molar-refractivity contribution >= 4 is 29.1 Å². The van der Waals surface area contributed by atoms with E-state index in [1.807, 2.05) is 20.0 Å². The Hall–Kier alpha value is -0.770. The van der Waals surface area contributed by atoms with Gasteiger partial charge in [0.2, 0.25) is 5.91 Å². The van der Waals surface area contributed by atoms with Gasteiger partial charge in [0.05, 0.1) is 5.41 Å². The molecule has 1 aromatic rings. The summed E-state index contributed by atoms with van der Waals surface area (Å²) in [6.45, 7) is 4.27. The van der Waals surface area contributed by atoms with Crippen LogP contribution in [0, 0.1) is 5.41 Å². The summed E-state index contributed by atoms with van der Waals surface area (Å²) in [5.41, 5.74) is 0.602. The largest absolute Gasteiger partial charge is 0.341 e. The number of carbonyl (C=O) groups is 1. The lowest BCUT2D eigenvalue weighted by Crippen LogP contribution is -2.48. The summed E-state index contributed by atoms with van der Waals surface area (Å²) in [4.78, 5) is 14.4. The summed E-state index contributed by atoms with van der Waals surface area (Å²) in [7, 11) is 1.83. The summed E-state index contributed by atoms with van der Waals surface area (Å²) < 4.78 is 0. The Labute approximate surface area is 130 Å². The van der Waals surface area contributed by atoms with Crippen molar-refractivity contribution in [2.75, 3.05) is 20.1 Å². The fourth-order valence-electron chi connectivity index (χ4n) is 2.68. The van der Waals surface area contributed by atoms with Gasteiger partial charge >= 0.3 is 0 Å². The summed E-state index contributed by atoms with van der Waals surface area (Å²) in [5, 5.41) is 4.51. The predicted molar refractivity (Wildman–Crippen MR) is 83.1 cm³/mol. The van der Waals surface area contributed by atoms with E-state index in [2.05, 4.69) is 5.32 Å². The Morgan fingerprint density at radius 3 is 2.80 bits per heavy atom. The van der Waals surface area contributed by atoms with E-state index < -0.39 is 0 Å². The zero-order valence-corrected chi connectivity index (χ0v) is 13.4. The highest BCUT2D eigenvalue weighted by Crippen LogP contribution is 2.29. The molecule has 1 aromatic carbocycles. The molecule has 1 fully saturated rings. The highest BCUT2D eigenvalue weighted by atomic mass is 35.5. The number of hydrogen-bond donors (Lipinski definition) is 1. The average molecular weight is 315 g/mol. The molecule has 1 amide bonds. The van der Waals surface area contributed by atoms with E-state index in [0.717, 1.165) is 31.5 Å². The number of benzene rings is 1. The van der Waals surface area contributed by atoms with Crippen molar-refractivity contribution in [2.24, 2.45) is 5.41 Å². The topological polar surface area (TPSA) is 32.3 Å². The summed E-state index contributed by atoms with van der Waals surface area (Å²) in [5.74, 6) is 0.163. The van der Waals surface area contributed by atoms with Crippen LogP contribution >= 0.6 is 23.2 Å². The number of halogens is 2. The van der Waals surface area contributed by atoms with Crippen LogP contribution in [0.3, 0.4) is 0 Å². The molecule has 1 N–H and O–H groups in total. The number of rotatable bonds is 3. The summed E-state index contributed by atoms with van der Waals surface area (Å²) in [6.07, 6.45) is 1.97. The molecule has 1 heterocycles. The minimum Gasteiger partial charge on any atom is -0.341 e. The van der Waals surface area contributed by atoms with Crippen LogP contribution in [0.25, 0.3) is 0 Å². The Morgan fingerprint density at radius 2 is 2.20 bits per heavy atom. The van der Waals surface area contributed by atoms with Crippen molar-refractivity contribution in [1.29, 1.82) is 0 Å². The molecule has 0 saturated carbocycles. The van der Waals surface area contributed by atoms with Crippen LogP contribution in [-0.4, -0.2) is 30.9 Å². The van der Waals surface area contributed by atoms with E-state index in [9.17, 15) is 4.79 Å². The second-order valence-electron chi connectivity index (χ2n) is 5.74. The molecule has 0 spiro atoms. The fraction of sp³-hybridized carbons (Fsp3) is 0.533. The first-order valence-corrected chi connectivity index (χ1v) is 7.58. The molecule has 20 heavy (non-hydrogen) atoms. The van der Waals surface area contributed by atoms with Crippen LogP contribution in [0.4, 0.5) is 0 Å². The molecule has 0 aromatic heterocycles. The Bertz CT molecular complexity index is 499. The van der Waals surface area contributed by atoms with Crippen molar-refractivity contribution in [1.82, 2.24) is 10.2 Å². The molecular formula is C15H20Cl2N2O. The van der Waals surface area contributed by atoms with E-state index >= 15 is 0 Å². The molecule has 1 saturated heterocycles. The minimum absolute atomic E-state index is 0.163. The van der Waals surface area contributed by atoms with Gasteiger partial charge in [0.25, 0.3) is 0 Å². The quantitative estimate of drug-likeness (QED) is 0.928. The number of amides is 1.